The van der Waals surface area contributed by atoms with Crippen molar-refractivity contribution < 1.29 is 9.53 Å². The Labute approximate surface area is 96.6 Å². The molecule has 0 saturated carbocycles. The van der Waals surface area contributed by atoms with Gasteiger partial charge in [0, 0.05) is 26.3 Å². The van der Waals surface area contributed by atoms with E-state index in [-0.39, 0.29) is 5.78 Å². The Morgan fingerprint density at radius 2 is 2.25 bits per heavy atom. The topological polar surface area (TPSA) is 44.1 Å². The number of aromatic nitrogens is 2. The Bertz CT molecular complexity index is 356. The number of carbonyl (C=O) groups is 1. The Morgan fingerprint density at radius 3 is 2.81 bits per heavy atom. The van der Waals surface area contributed by atoms with Crippen molar-refractivity contribution in [2.24, 2.45) is 0 Å². The van der Waals surface area contributed by atoms with Gasteiger partial charge in [-0.15, -0.1) is 0 Å². The van der Waals surface area contributed by atoms with E-state index in [1.54, 1.807) is 24.2 Å². The van der Waals surface area contributed by atoms with Crippen LogP contribution in [0.4, 0.5) is 0 Å². The minimum atomic E-state index is -0.413. The smallest absolute Gasteiger partial charge is 0.168 e. The lowest BCUT2D eigenvalue weighted by atomic mass is 9.99. The Balaban J connectivity index is 2.66. The molecule has 4 nitrogen and oxygen atoms in total. The average Bonchev–Trinajstić information content (AvgIpc) is 2.66. The molecule has 0 aliphatic carbocycles. The lowest BCUT2D eigenvalue weighted by molar-refractivity contribution is 0.0172. The van der Waals surface area contributed by atoms with Crippen LogP contribution in [0.3, 0.4) is 0 Å². The number of methoxy groups -OCH3 is 1. The number of rotatable bonds is 6. The van der Waals surface area contributed by atoms with E-state index in [0.29, 0.717) is 12.0 Å². The lowest BCUT2D eigenvalue weighted by Gasteiger charge is -2.21. The zero-order valence-electron chi connectivity index (χ0n) is 10.5. The van der Waals surface area contributed by atoms with E-state index in [0.717, 1.165) is 13.0 Å². The van der Waals surface area contributed by atoms with E-state index >= 15 is 0 Å². The van der Waals surface area contributed by atoms with Gasteiger partial charge in [0.1, 0.15) is 0 Å². The SMILES string of the molecule is CCCn1cc(C(=O)CC(C)(C)OC)cn1. The predicted molar refractivity (Wildman–Crippen MR) is 62.6 cm³/mol. The van der Waals surface area contributed by atoms with Gasteiger partial charge in [0.25, 0.3) is 0 Å². The third kappa shape index (κ3) is 3.45. The van der Waals surface area contributed by atoms with Crippen molar-refractivity contribution in [1.82, 2.24) is 9.78 Å². The van der Waals surface area contributed by atoms with Crippen molar-refractivity contribution in [3.05, 3.63) is 18.0 Å². The summed E-state index contributed by atoms with van der Waals surface area (Å²) in [5, 5.41) is 4.14. The van der Waals surface area contributed by atoms with Gasteiger partial charge in [-0.1, -0.05) is 6.92 Å². The zero-order valence-corrected chi connectivity index (χ0v) is 10.5. The van der Waals surface area contributed by atoms with Crippen LogP contribution in [0.1, 0.15) is 44.0 Å². The molecule has 1 aromatic heterocycles. The summed E-state index contributed by atoms with van der Waals surface area (Å²) in [5.41, 5.74) is 0.253. The van der Waals surface area contributed by atoms with E-state index < -0.39 is 5.60 Å². The normalized spacial score (nSPS) is 11.8. The highest BCUT2D eigenvalue weighted by Crippen LogP contribution is 2.16. The maximum absolute atomic E-state index is 11.9. The van der Waals surface area contributed by atoms with Crippen LogP contribution in [-0.4, -0.2) is 28.3 Å². The highest BCUT2D eigenvalue weighted by Gasteiger charge is 2.22. The van der Waals surface area contributed by atoms with Gasteiger partial charge in [0.15, 0.2) is 5.78 Å². The molecule has 0 spiro atoms. The van der Waals surface area contributed by atoms with Crippen molar-refractivity contribution in [2.75, 3.05) is 7.11 Å². The molecule has 90 valence electrons. The molecule has 0 aliphatic heterocycles. The number of hydrogen-bond acceptors (Lipinski definition) is 3. The number of ketones is 1. The van der Waals surface area contributed by atoms with Crippen LogP contribution in [0.2, 0.25) is 0 Å². The molecule has 0 atom stereocenters. The summed E-state index contributed by atoms with van der Waals surface area (Å²) in [4.78, 5) is 11.9. The first-order chi connectivity index (χ1) is 7.48. The highest BCUT2D eigenvalue weighted by atomic mass is 16.5. The molecule has 0 saturated heterocycles. The largest absolute Gasteiger partial charge is 0.378 e. The molecule has 0 unspecified atom stereocenters. The van der Waals surface area contributed by atoms with E-state index in [4.69, 9.17) is 4.74 Å². The Hall–Kier alpha value is -1.16. The van der Waals surface area contributed by atoms with Crippen LogP contribution in [0.5, 0.6) is 0 Å². The fraction of sp³-hybridized carbons (Fsp3) is 0.667. The third-order valence-corrected chi connectivity index (χ3v) is 2.55. The van der Waals surface area contributed by atoms with E-state index in [1.165, 1.54) is 0 Å². The number of hydrogen-bond donors (Lipinski definition) is 0. The minimum absolute atomic E-state index is 0.0780. The number of Topliss-reactive ketones (excluding diaryl/α,β-unsaturated/α-hetero) is 1. The summed E-state index contributed by atoms with van der Waals surface area (Å²) >= 11 is 0. The summed E-state index contributed by atoms with van der Waals surface area (Å²) in [7, 11) is 1.62. The fourth-order valence-corrected chi connectivity index (χ4v) is 1.42. The van der Waals surface area contributed by atoms with Crippen molar-refractivity contribution >= 4 is 5.78 Å². The van der Waals surface area contributed by atoms with Crippen LogP contribution in [-0.2, 0) is 11.3 Å². The van der Waals surface area contributed by atoms with Crippen molar-refractivity contribution in [3.8, 4) is 0 Å². The summed E-state index contributed by atoms with van der Waals surface area (Å²) in [6, 6.07) is 0. The molecule has 0 aromatic carbocycles. The molecule has 4 heteroatoms. The molecule has 16 heavy (non-hydrogen) atoms. The summed E-state index contributed by atoms with van der Waals surface area (Å²) < 4.78 is 7.03. The van der Waals surface area contributed by atoms with Crippen LogP contribution >= 0.6 is 0 Å². The first-order valence-electron chi connectivity index (χ1n) is 5.59. The van der Waals surface area contributed by atoms with Crippen molar-refractivity contribution in [2.45, 2.75) is 45.8 Å². The van der Waals surface area contributed by atoms with Gasteiger partial charge in [0.2, 0.25) is 0 Å². The number of aryl methyl sites for hydroxylation is 1. The minimum Gasteiger partial charge on any atom is -0.378 e. The zero-order chi connectivity index (χ0) is 12.2. The summed E-state index contributed by atoms with van der Waals surface area (Å²) in [6.07, 6.45) is 4.82. The molecule has 1 aromatic rings. The second-order valence-corrected chi connectivity index (χ2v) is 4.56. The van der Waals surface area contributed by atoms with Crippen LogP contribution < -0.4 is 0 Å². The fourth-order valence-electron chi connectivity index (χ4n) is 1.42. The molecule has 1 rings (SSSR count). The molecule has 0 N–H and O–H groups in total. The van der Waals surface area contributed by atoms with Crippen molar-refractivity contribution in [1.29, 1.82) is 0 Å². The van der Waals surface area contributed by atoms with E-state index in [2.05, 4.69) is 12.0 Å². The number of ether oxygens (including phenoxy) is 1. The van der Waals surface area contributed by atoms with Gasteiger partial charge >= 0.3 is 0 Å². The van der Waals surface area contributed by atoms with Gasteiger partial charge < -0.3 is 4.74 Å². The molecule has 0 radical (unpaired) electrons. The standard InChI is InChI=1S/C12H20N2O2/c1-5-6-14-9-10(8-13-14)11(15)7-12(2,3)16-4/h8-9H,5-7H2,1-4H3. The molecule has 0 amide bonds. The summed E-state index contributed by atoms with van der Waals surface area (Å²) in [6.45, 7) is 6.74. The third-order valence-electron chi connectivity index (χ3n) is 2.55. The molecular formula is C12H20N2O2. The van der Waals surface area contributed by atoms with Gasteiger partial charge in [0.05, 0.1) is 17.4 Å². The van der Waals surface area contributed by atoms with Gasteiger partial charge in [-0.2, -0.15) is 5.10 Å². The highest BCUT2D eigenvalue weighted by molar-refractivity contribution is 5.96. The molecule has 0 bridgehead atoms. The lowest BCUT2D eigenvalue weighted by Crippen LogP contribution is -2.26. The quantitative estimate of drug-likeness (QED) is 0.696. The Morgan fingerprint density at radius 1 is 1.56 bits per heavy atom. The number of nitrogens with zero attached hydrogens (tertiary/aromatic N) is 2. The monoisotopic (exact) mass is 224 g/mol. The first kappa shape index (κ1) is 12.9. The second-order valence-electron chi connectivity index (χ2n) is 4.56. The van der Waals surface area contributed by atoms with Crippen LogP contribution in [0, 0.1) is 0 Å². The van der Waals surface area contributed by atoms with Gasteiger partial charge in [-0.05, 0) is 20.3 Å². The number of carbonyl (C=O) groups excluding carboxylic acids is 1. The van der Waals surface area contributed by atoms with E-state index in [1.807, 2.05) is 13.8 Å². The second kappa shape index (κ2) is 5.25. The molecular weight excluding hydrogens is 204 g/mol. The molecule has 0 fully saturated rings. The Kier molecular flexibility index (Phi) is 4.24. The maximum Gasteiger partial charge on any atom is 0.168 e. The molecule has 1 heterocycles. The van der Waals surface area contributed by atoms with Crippen molar-refractivity contribution in [3.63, 3.8) is 0 Å². The van der Waals surface area contributed by atoms with Crippen LogP contribution in [0.15, 0.2) is 12.4 Å². The predicted octanol–water partition coefficient (Wildman–Crippen LogP) is 2.29. The first-order valence-corrected chi connectivity index (χ1v) is 5.59. The average molecular weight is 224 g/mol. The summed E-state index contributed by atoms with van der Waals surface area (Å²) in [5.74, 6) is 0.0780. The molecule has 0 aliphatic rings. The maximum atomic E-state index is 11.9. The van der Waals surface area contributed by atoms with Gasteiger partial charge in [-0.25, -0.2) is 0 Å². The van der Waals surface area contributed by atoms with Crippen LogP contribution in [0.25, 0.3) is 0 Å². The van der Waals surface area contributed by atoms with Gasteiger partial charge in [-0.3, -0.25) is 9.48 Å². The van der Waals surface area contributed by atoms with E-state index in [9.17, 15) is 4.79 Å².